The largest absolute Gasteiger partial charge is 0.367 e. The molecule has 0 unspecified atom stereocenters. The first-order chi connectivity index (χ1) is 15.4. The van der Waals surface area contributed by atoms with Crippen molar-refractivity contribution in [3.05, 3.63) is 58.1 Å². The van der Waals surface area contributed by atoms with E-state index < -0.39 is 0 Å². The topological polar surface area (TPSA) is 64.7 Å². The Kier molecular flexibility index (Phi) is 8.73. The third kappa shape index (κ3) is 6.82. The van der Waals surface area contributed by atoms with Crippen LogP contribution in [0.1, 0.15) is 25.3 Å². The van der Waals surface area contributed by atoms with Crippen LogP contribution in [0.3, 0.4) is 0 Å². The second-order valence-electron chi connectivity index (χ2n) is 7.59. The number of benzene rings is 2. The van der Waals surface area contributed by atoms with Crippen molar-refractivity contribution in [1.29, 1.82) is 0 Å². The van der Waals surface area contributed by atoms with Gasteiger partial charge in [0, 0.05) is 43.3 Å². The Morgan fingerprint density at radius 2 is 1.72 bits per heavy atom. The molecule has 3 rings (SSSR count). The first-order valence-corrected chi connectivity index (χ1v) is 11.7. The van der Waals surface area contributed by atoms with Gasteiger partial charge < -0.3 is 20.4 Å². The number of nitrogens with zero attached hydrogens (tertiary/aromatic N) is 2. The molecule has 1 heterocycles. The molecule has 2 aromatic carbocycles. The van der Waals surface area contributed by atoms with Crippen molar-refractivity contribution >= 4 is 63.7 Å². The fourth-order valence-electron chi connectivity index (χ4n) is 3.53. The van der Waals surface area contributed by atoms with Gasteiger partial charge in [0.05, 0.1) is 17.1 Å². The lowest BCUT2D eigenvalue weighted by atomic mass is 10.1. The number of hydrogen-bond donors (Lipinski definition) is 2. The second kappa shape index (κ2) is 11.5. The summed E-state index contributed by atoms with van der Waals surface area (Å²) >= 11 is 17.6. The highest BCUT2D eigenvalue weighted by Gasteiger charge is 2.22. The number of carbonyl (C=O) groups excluding carboxylic acids is 2. The lowest BCUT2D eigenvalue weighted by molar-refractivity contribution is -0.131. The number of hydrogen-bond acceptors (Lipinski definition) is 4. The number of thiocarbonyl (C=S) groups is 1. The van der Waals surface area contributed by atoms with Crippen LogP contribution in [0.4, 0.5) is 11.4 Å². The van der Waals surface area contributed by atoms with E-state index in [1.54, 1.807) is 30.3 Å². The van der Waals surface area contributed by atoms with E-state index in [2.05, 4.69) is 15.5 Å². The monoisotopic (exact) mass is 492 g/mol. The molecule has 0 aromatic heterocycles. The van der Waals surface area contributed by atoms with Crippen molar-refractivity contribution in [3.8, 4) is 0 Å². The predicted octanol–water partition coefficient (Wildman–Crippen LogP) is 4.50. The lowest BCUT2D eigenvalue weighted by Crippen LogP contribution is -2.48. The van der Waals surface area contributed by atoms with Gasteiger partial charge in [-0.2, -0.15) is 0 Å². The maximum absolute atomic E-state index is 12.2. The third-order valence-corrected chi connectivity index (χ3v) is 5.93. The second-order valence-corrected chi connectivity index (χ2v) is 8.84. The molecule has 1 saturated heterocycles. The van der Waals surface area contributed by atoms with Crippen LogP contribution in [0.5, 0.6) is 0 Å². The van der Waals surface area contributed by atoms with Crippen LogP contribution >= 0.6 is 35.4 Å². The molecule has 1 fully saturated rings. The predicted molar refractivity (Wildman–Crippen MR) is 135 cm³/mol. The van der Waals surface area contributed by atoms with Gasteiger partial charge in [-0.3, -0.25) is 9.59 Å². The minimum Gasteiger partial charge on any atom is -0.367 e. The maximum atomic E-state index is 12.2. The average Bonchev–Trinajstić information content (AvgIpc) is 2.75. The van der Waals surface area contributed by atoms with E-state index in [9.17, 15) is 9.59 Å². The molecule has 0 spiro atoms. The Labute approximate surface area is 203 Å². The molecule has 0 atom stereocenters. The van der Waals surface area contributed by atoms with Crippen LogP contribution in [-0.4, -0.2) is 48.0 Å². The highest BCUT2D eigenvalue weighted by atomic mass is 35.5. The van der Waals surface area contributed by atoms with Crippen LogP contribution < -0.4 is 15.5 Å². The molecule has 1 aliphatic heterocycles. The third-order valence-electron chi connectivity index (χ3n) is 5.17. The first kappa shape index (κ1) is 24.3. The summed E-state index contributed by atoms with van der Waals surface area (Å²) in [6.45, 7) is 4.88. The highest BCUT2D eigenvalue weighted by Crippen LogP contribution is 2.29. The minimum absolute atomic E-state index is 0.200. The van der Waals surface area contributed by atoms with Crippen LogP contribution in [0.15, 0.2) is 42.5 Å². The summed E-state index contributed by atoms with van der Waals surface area (Å²) in [5.41, 5.74) is 2.45. The van der Waals surface area contributed by atoms with Gasteiger partial charge in [0.25, 0.3) is 0 Å². The molecule has 0 saturated carbocycles. The summed E-state index contributed by atoms with van der Waals surface area (Å²) < 4.78 is 0. The molecule has 1 aliphatic rings. The van der Waals surface area contributed by atoms with Crippen LogP contribution in [0.25, 0.3) is 0 Å². The van der Waals surface area contributed by atoms with E-state index in [0.717, 1.165) is 30.8 Å². The van der Waals surface area contributed by atoms with Crippen molar-refractivity contribution in [2.24, 2.45) is 0 Å². The summed E-state index contributed by atoms with van der Waals surface area (Å²) in [5, 5.41) is 7.08. The van der Waals surface area contributed by atoms with Gasteiger partial charge in [0.15, 0.2) is 5.11 Å². The molecule has 2 amide bonds. The van der Waals surface area contributed by atoms with E-state index in [0.29, 0.717) is 35.2 Å². The Hall–Kier alpha value is -2.35. The van der Waals surface area contributed by atoms with Crippen molar-refractivity contribution in [1.82, 2.24) is 10.2 Å². The number of nitrogens with one attached hydrogen (secondary N) is 2. The van der Waals surface area contributed by atoms with Gasteiger partial charge in [0.1, 0.15) is 0 Å². The van der Waals surface area contributed by atoms with Crippen molar-refractivity contribution in [2.75, 3.05) is 36.4 Å². The maximum Gasteiger partial charge on any atom is 0.230 e. The molecule has 2 aromatic rings. The smallest absolute Gasteiger partial charge is 0.230 e. The Morgan fingerprint density at radius 3 is 2.34 bits per heavy atom. The Bertz CT molecular complexity index is 976. The Morgan fingerprint density at radius 1 is 1.03 bits per heavy atom. The molecule has 170 valence electrons. The average molecular weight is 493 g/mol. The minimum atomic E-state index is -0.219. The van der Waals surface area contributed by atoms with E-state index >= 15 is 0 Å². The number of carbonyl (C=O) groups is 2. The van der Waals surface area contributed by atoms with E-state index in [1.807, 2.05) is 24.0 Å². The number of halogens is 2. The fraction of sp³-hybridized carbons (Fsp3) is 0.348. The van der Waals surface area contributed by atoms with E-state index in [-0.39, 0.29) is 23.3 Å². The van der Waals surface area contributed by atoms with Gasteiger partial charge in [0.2, 0.25) is 11.8 Å². The number of rotatable bonds is 6. The number of anilines is 2. The van der Waals surface area contributed by atoms with Crippen LogP contribution in [0.2, 0.25) is 10.0 Å². The van der Waals surface area contributed by atoms with Gasteiger partial charge in [-0.1, -0.05) is 42.3 Å². The molecular formula is C23H26Cl2N4O2S. The van der Waals surface area contributed by atoms with Crippen LogP contribution in [0, 0.1) is 0 Å². The van der Waals surface area contributed by atoms with Crippen LogP contribution in [-0.2, 0) is 16.0 Å². The zero-order valence-electron chi connectivity index (χ0n) is 17.9. The zero-order valence-corrected chi connectivity index (χ0v) is 20.2. The lowest BCUT2D eigenvalue weighted by Gasteiger charge is -2.36. The van der Waals surface area contributed by atoms with E-state index in [4.69, 9.17) is 35.4 Å². The Balaban J connectivity index is 1.51. The summed E-state index contributed by atoms with van der Waals surface area (Å²) in [6, 6.07) is 12.7. The number of piperazine rings is 1. The molecule has 2 N–H and O–H groups in total. The first-order valence-electron chi connectivity index (χ1n) is 10.5. The molecular weight excluding hydrogens is 467 g/mol. The van der Waals surface area contributed by atoms with Crippen molar-refractivity contribution in [2.45, 2.75) is 26.2 Å². The fourth-order valence-corrected chi connectivity index (χ4v) is 4.19. The van der Waals surface area contributed by atoms with E-state index in [1.165, 1.54) is 0 Å². The highest BCUT2D eigenvalue weighted by molar-refractivity contribution is 7.80. The van der Waals surface area contributed by atoms with Crippen molar-refractivity contribution in [3.63, 3.8) is 0 Å². The molecule has 0 bridgehead atoms. The van der Waals surface area contributed by atoms with Crippen molar-refractivity contribution < 1.29 is 9.59 Å². The normalized spacial score (nSPS) is 13.6. The molecule has 0 aliphatic carbocycles. The summed E-state index contributed by atoms with van der Waals surface area (Å²) in [4.78, 5) is 28.4. The summed E-state index contributed by atoms with van der Waals surface area (Å²) in [5.74, 6) is -0.00699. The molecule has 32 heavy (non-hydrogen) atoms. The molecule has 9 heteroatoms. The number of amides is 2. The summed E-state index contributed by atoms with van der Waals surface area (Å²) in [7, 11) is 0. The quantitative estimate of drug-likeness (QED) is 0.581. The SMILES string of the molecule is CCCC(=O)N1CCN(c2ccc(NC(=S)NC(=O)Cc3ccc(Cl)cc3)cc2Cl)CC1. The molecule has 0 radical (unpaired) electrons. The van der Waals surface area contributed by atoms with Gasteiger partial charge >= 0.3 is 0 Å². The zero-order chi connectivity index (χ0) is 23.1. The van der Waals surface area contributed by atoms with Gasteiger partial charge in [-0.25, -0.2) is 0 Å². The van der Waals surface area contributed by atoms with Gasteiger partial charge in [-0.05, 0) is 54.5 Å². The van der Waals surface area contributed by atoms with Gasteiger partial charge in [-0.15, -0.1) is 0 Å². The summed E-state index contributed by atoms with van der Waals surface area (Å²) in [6.07, 6.45) is 1.66. The standard InChI is InChI=1S/C23H26Cl2N4O2S/c1-2-3-22(31)29-12-10-28(11-13-29)20-9-8-18(15-19(20)25)26-23(32)27-21(30)14-16-4-6-17(24)7-5-16/h4-9,15H,2-3,10-14H2,1H3,(H2,26,27,30,32). The molecule has 6 nitrogen and oxygen atoms in total.